The number of ketones is 1. The van der Waals surface area contributed by atoms with Gasteiger partial charge in [0.1, 0.15) is 5.82 Å². The minimum atomic E-state index is -0.772. The summed E-state index contributed by atoms with van der Waals surface area (Å²) < 4.78 is 1.82. The van der Waals surface area contributed by atoms with Crippen molar-refractivity contribution in [1.82, 2.24) is 9.55 Å². The number of hydrogen-bond donors (Lipinski definition) is 1. The van der Waals surface area contributed by atoms with Gasteiger partial charge in [0.15, 0.2) is 5.78 Å². The summed E-state index contributed by atoms with van der Waals surface area (Å²) in [5.41, 5.74) is 4.89. The molecule has 4 nitrogen and oxygen atoms in total. The van der Waals surface area contributed by atoms with Gasteiger partial charge in [-0.3, -0.25) is 4.79 Å². The van der Waals surface area contributed by atoms with Crippen molar-refractivity contribution in [3.63, 3.8) is 0 Å². The van der Waals surface area contributed by atoms with Gasteiger partial charge in [0.25, 0.3) is 0 Å². The Morgan fingerprint density at radius 2 is 2.31 bits per heavy atom. The third-order valence-corrected chi connectivity index (χ3v) is 1.96. The molecule has 0 atom stereocenters. The maximum atomic E-state index is 11.5. The molecule has 1 aromatic rings. The minimum Gasteiger partial charge on any atom is -0.338 e. The van der Waals surface area contributed by atoms with Gasteiger partial charge in [-0.2, -0.15) is 0 Å². The predicted molar refractivity (Wildman–Crippen MR) is 50.2 cm³/mol. The average Bonchev–Trinajstić information content (AvgIpc) is 2.34. The molecular weight excluding hydrogens is 166 g/mol. The maximum Gasteiger partial charge on any atom is 0.159 e. The molecule has 1 heterocycles. The number of rotatable bonds is 3. The average molecular weight is 181 g/mol. The van der Waals surface area contributed by atoms with Crippen molar-refractivity contribution in [3.8, 4) is 0 Å². The van der Waals surface area contributed by atoms with E-state index in [1.807, 2.05) is 17.8 Å². The van der Waals surface area contributed by atoms with E-state index >= 15 is 0 Å². The zero-order valence-electron chi connectivity index (χ0n) is 8.24. The Hall–Kier alpha value is -1.16. The topological polar surface area (TPSA) is 60.9 Å². The van der Waals surface area contributed by atoms with Crippen LogP contribution in [0.15, 0.2) is 12.4 Å². The molecule has 13 heavy (non-hydrogen) atoms. The van der Waals surface area contributed by atoms with Crippen LogP contribution >= 0.6 is 0 Å². The first-order valence-corrected chi connectivity index (χ1v) is 4.19. The van der Waals surface area contributed by atoms with E-state index in [1.165, 1.54) is 0 Å². The number of nitrogens with zero attached hydrogens (tertiary/aromatic N) is 2. The van der Waals surface area contributed by atoms with Gasteiger partial charge in [0, 0.05) is 19.4 Å². The van der Waals surface area contributed by atoms with E-state index in [4.69, 9.17) is 5.73 Å². The molecular formula is C9H15N3O. The molecule has 0 radical (unpaired) electrons. The van der Waals surface area contributed by atoms with E-state index in [2.05, 4.69) is 4.98 Å². The summed E-state index contributed by atoms with van der Waals surface area (Å²) in [7, 11) is 1.86. The second kappa shape index (κ2) is 3.30. The van der Waals surface area contributed by atoms with Crippen molar-refractivity contribution >= 4 is 5.78 Å². The lowest BCUT2D eigenvalue weighted by atomic mass is 9.98. The molecule has 0 saturated heterocycles. The molecule has 0 aliphatic carbocycles. The van der Waals surface area contributed by atoms with Crippen molar-refractivity contribution in [3.05, 3.63) is 18.2 Å². The third kappa shape index (κ3) is 2.39. The van der Waals surface area contributed by atoms with Crippen LogP contribution in [0.2, 0.25) is 0 Å². The van der Waals surface area contributed by atoms with E-state index in [0.717, 1.165) is 5.82 Å². The Morgan fingerprint density at radius 1 is 1.69 bits per heavy atom. The van der Waals surface area contributed by atoms with E-state index in [0.29, 0.717) is 6.42 Å². The van der Waals surface area contributed by atoms with Crippen LogP contribution in [0.3, 0.4) is 0 Å². The summed E-state index contributed by atoms with van der Waals surface area (Å²) in [5, 5.41) is 0. The summed E-state index contributed by atoms with van der Waals surface area (Å²) >= 11 is 0. The molecule has 0 fully saturated rings. The summed E-state index contributed by atoms with van der Waals surface area (Å²) in [6, 6.07) is 0. The fourth-order valence-corrected chi connectivity index (χ4v) is 0.938. The highest BCUT2D eigenvalue weighted by atomic mass is 16.1. The van der Waals surface area contributed by atoms with Crippen LogP contribution in [-0.2, 0) is 18.3 Å². The van der Waals surface area contributed by atoms with Gasteiger partial charge < -0.3 is 10.3 Å². The monoisotopic (exact) mass is 181 g/mol. The first kappa shape index (κ1) is 9.92. The summed E-state index contributed by atoms with van der Waals surface area (Å²) in [5.74, 6) is 0.755. The quantitative estimate of drug-likeness (QED) is 0.728. The molecule has 1 rings (SSSR count). The van der Waals surface area contributed by atoms with E-state index in [-0.39, 0.29) is 5.78 Å². The van der Waals surface area contributed by atoms with Crippen LogP contribution in [0.5, 0.6) is 0 Å². The fraction of sp³-hybridized carbons (Fsp3) is 0.556. The van der Waals surface area contributed by atoms with Crippen molar-refractivity contribution in [2.45, 2.75) is 25.8 Å². The van der Waals surface area contributed by atoms with Crippen molar-refractivity contribution in [1.29, 1.82) is 0 Å². The van der Waals surface area contributed by atoms with Gasteiger partial charge in [0.2, 0.25) is 0 Å². The maximum absolute atomic E-state index is 11.5. The summed E-state index contributed by atoms with van der Waals surface area (Å²) in [4.78, 5) is 15.6. The number of hydrogen-bond acceptors (Lipinski definition) is 3. The lowest BCUT2D eigenvalue weighted by molar-refractivity contribution is -0.122. The van der Waals surface area contributed by atoms with E-state index < -0.39 is 5.54 Å². The van der Waals surface area contributed by atoms with Crippen molar-refractivity contribution in [2.24, 2.45) is 12.8 Å². The highest BCUT2D eigenvalue weighted by molar-refractivity contribution is 5.88. The molecule has 72 valence electrons. The van der Waals surface area contributed by atoms with Crippen LogP contribution in [-0.4, -0.2) is 20.9 Å². The highest BCUT2D eigenvalue weighted by Gasteiger charge is 2.22. The van der Waals surface area contributed by atoms with Crippen LogP contribution in [0.4, 0.5) is 0 Å². The Kier molecular flexibility index (Phi) is 2.52. The van der Waals surface area contributed by atoms with Crippen LogP contribution in [0.1, 0.15) is 19.7 Å². The summed E-state index contributed by atoms with van der Waals surface area (Å²) in [6.45, 7) is 3.41. The minimum absolute atomic E-state index is 0.00167. The second-order valence-electron chi connectivity index (χ2n) is 3.78. The molecule has 0 amide bonds. The zero-order chi connectivity index (χ0) is 10.1. The Morgan fingerprint density at radius 3 is 2.69 bits per heavy atom. The van der Waals surface area contributed by atoms with Gasteiger partial charge in [-0.15, -0.1) is 0 Å². The fourth-order valence-electron chi connectivity index (χ4n) is 0.938. The molecule has 0 aliphatic rings. The normalized spacial score (nSPS) is 11.7. The molecule has 0 aromatic carbocycles. The van der Waals surface area contributed by atoms with Crippen LogP contribution in [0, 0.1) is 0 Å². The van der Waals surface area contributed by atoms with Gasteiger partial charge in [-0.1, -0.05) is 0 Å². The zero-order valence-corrected chi connectivity index (χ0v) is 8.24. The third-order valence-electron chi connectivity index (χ3n) is 1.96. The van der Waals surface area contributed by atoms with Crippen LogP contribution in [0.25, 0.3) is 0 Å². The predicted octanol–water partition coefficient (Wildman–Crippen LogP) is 0.269. The van der Waals surface area contributed by atoms with Gasteiger partial charge in [-0.05, 0) is 13.8 Å². The number of nitrogens with two attached hydrogens (primary N) is 1. The number of Topliss-reactive ketones (excluding diaryl/α,β-unsaturated/α-hetero) is 1. The highest BCUT2D eigenvalue weighted by Crippen LogP contribution is 2.04. The SMILES string of the molecule is Cn1ccnc1CC(=O)C(C)(C)N. The van der Waals surface area contributed by atoms with Gasteiger partial charge >= 0.3 is 0 Å². The second-order valence-corrected chi connectivity index (χ2v) is 3.78. The molecule has 2 N–H and O–H groups in total. The molecule has 1 aromatic heterocycles. The summed E-state index contributed by atoms with van der Waals surface area (Å²) in [6.07, 6.45) is 3.78. The Bertz CT molecular complexity index is 309. The number of carbonyl (C=O) groups excluding carboxylic acids is 1. The Labute approximate surface area is 77.8 Å². The first-order valence-electron chi connectivity index (χ1n) is 4.19. The molecule has 0 spiro atoms. The molecule has 4 heteroatoms. The lowest BCUT2D eigenvalue weighted by Gasteiger charge is -2.16. The lowest BCUT2D eigenvalue weighted by Crippen LogP contribution is -2.42. The largest absolute Gasteiger partial charge is 0.338 e. The molecule has 0 aliphatic heterocycles. The molecule has 0 saturated carbocycles. The van der Waals surface area contributed by atoms with E-state index in [9.17, 15) is 4.79 Å². The number of imidazole rings is 1. The number of aromatic nitrogens is 2. The number of carbonyl (C=O) groups is 1. The van der Waals surface area contributed by atoms with Gasteiger partial charge in [-0.25, -0.2) is 4.98 Å². The first-order chi connectivity index (χ1) is 5.91. The van der Waals surface area contributed by atoms with Crippen LogP contribution < -0.4 is 5.73 Å². The van der Waals surface area contributed by atoms with E-state index in [1.54, 1.807) is 20.0 Å². The standard InChI is InChI=1S/C9H15N3O/c1-9(2,10)7(13)6-8-11-4-5-12(8)3/h4-5H,6,10H2,1-3H3. The van der Waals surface area contributed by atoms with Crippen molar-refractivity contribution < 1.29 is 4.79 Å². The molecule has 0 unspecified atom stereocenters. The van der Waals surface area contributed by atoms with Gasteiger partial charge in [0.05, 0.1) is 12.0 Å². The smallest absolute Gasteiger partial charge is 0.159 e. The molecule has 0 bridgehead atoms. The Balaban J connectivity index is 2.71. The number of aryl methyl sites for hydroxylation is 1. The van der Waals surface area contributed by atoms with Crippen molar-refractivity contribution in [2.75, 3.05) is 0 Å².